The van der Waals surface area contributed by atoms with Crippen LogP contribution in [0.2, 0.25) is 0 Å². The molecular weight excluding hydrogens is 395 g/mol. The summed E-state index contributed by atoms with van der Waals surface area (Å²) >= 11 is 0. The molecule has 1 unspecified atom stereocenters. The van der Waals surface area contributed by atoms with Crippen LogP contribution in [-0.2, 0) is 18.6 Å². The van der Waals surface area contributed by atoms with Gasteiger partial charge in [0.15, 0.2) is 0 Å². The predicted octanol–water partition coefficient (Wildman–Crippen LogP) is 2.65. The number of hydrogen-bond acceptors (Lipinski definition) is 5. The van der Waals surface area contributed by atoms with Gasteiger partial charge in [0.1, 0.15) is 35.7 Å². The third-order valence-corrected chi connectivity index (χ3v) is 4.71. The summed E-state index contributed by atoms with van der Waals surface area (Å²) in [5.74, 6) is -2.03. The molecule has 0 aliphatic carbocycles. The number of aromatic nitrogens is 3. The van der Waals surface area contributed by atoms with E-state index in [0.717, 1.165) is 11.6 Å². The van der Waals surface area contributed by atoms with Gasteiger partial charge >= 0.3 is 0 Å². The lowest BCUT2D eigenvalue weighted by Crippen LogP contribution is -2.45. The second-order valence-electron chi connectivity index (χ2n) is 7.00. The summed E-state index contributed by atoms with van der Waals surface area (Å²) < 4.78 is 42.7. The van der Waals surface area contributed by atoms with Gasteiger partial charge in [-0.15, -0.1) is 0 Å². The highest BCUT2D eigenvalue weighted by atomic mass is 19.1. The Bertz CT molecular complexity index is 1020. The number of nitrogens with zero attached hydrogens (tertiary/aromatic N) is 5. The minimum absolute atomic E-state index is 0.0439. The van der Waals surface area contributed by atoms with Gasteiger partial charge in [0, 0.05) is 24.7 Å². The maximum atomic E-state index is 14.5. The zero-order chi connectivity index (χ0) is 21.6. The Kier molecular flexibility index (Phi) is 6.82. The highest BCUT2D eigenvalue weighted by molar-refractivity contribution is 5.26. The number of hydrogen-bond donors (Lipinski definition) is 1. The first-order valence-electron chi connectivity index (χ1n) is 9.24. The molecule has 0 fully saturated rings. The largest absolute Gasteiger partial charge is 0.382 e. The van der Waals surface area contributed by atoms with Gasteiger partial charge in [0.2, 0.25) is 0 Å². The molecule has 0 saturated heterocycles. The lowest BCUT2D eigenvalue weighted by atomic mass is 9.92. The van der Waals surface area contributed by atoms with Crippen LogP contribution in [0.5, 0.6) is 0 Å². The zero-order valence-electron chi connectivity index (χ0n) is 16.0. The molecule has 2 aromatic carbocycles. The highest BCUT2D eigenvalue weighted by Gasteiger charge is 2.35. The summed E-state index contributed by atoms with van der Waals surface area (Å²) in [5.41, 5.74) is -1.21. The van der Waals surface area contributed by atoms with Crippen LogP contribution in [0.1, 0.15) is 11.1 Å². The molecule has 0 bridgehead atoms. The Morgan fingerprint density at radius 1 is 1.13 bits per heavy atom. The molecule has 0 spiro atoms. The fraction of sp³-hybridized carbons (Fsp3) is 0.286. The molecule has 1 atom stereocenters. The van der Waals surface area contributed by atoms with Crippen LogP contribution in [0.25, 0.3) is 0 Å². The molecule has 0 amide bonds. The SMILES string of the molecule is N#CCN(CCc1cccc(F)c1)CC(O)(Cn1cncn1)c1ccc(F)cc1F. The molecule has 1 heterocycles. The second kappa shape index (κ2) is 9.52. The monoisotopic (exact) mass is 415 g/mol. The molecule has 156 valence electrons. The van der Waals surface area contributed by atoms with Gasteiger partial charge in [-0.05, 0) is 30.2 Å². The number of nitriles is 1. The van der Waals surface area contributed by atoms with Crippen molar-refractivity contribution in [1.29, 1.82) is 5.26 Å². The molecule has 3 aromatic rings. The van der Waals surface area contributed by atoms with E-state index in [0.29, 0.717) is 19.0 Å². The summed E-state index contributed by atoms with van der Waals surface area (Å²) in [4.78, 5) is 5.45. The number of halogens is 3. The fourth-order valence-corrected chi connectivity index (χ4v) is 3.33. The van der Waals surface area contributed by atoms with E-state index in [4.69, 9.17) is 0 Å². The average Bonchev–Trinajstić information content (AvgIpc) is 3.19. The number of rotatable bonds is 9. The second-order valence-corrected chi connectivity index (χ2v) is 7.00. The molecule has 6 nitrogen and oxygen atoms in total. The van der Waals surface area contributed by atoms with Crippen LogP contribution >= 0.6 is 0 Å². The van der Waals surface area contributed by atoms with Crippen molar-refractivity contribution in [3.8, 4) is 6.07 Å². The van der Waals surface area contributed by atoms with Crippen LogP contribution in [0.3, 0.4) is 0 Å². The lowest BCUT2D eigenvalue weighted by Gasteiger charge is -2.34. The lowest BCUT2D eigenvalue weighted by molar-refractivity contribution is -0.0185. The molecule has 30 heavy (non-hydrogen) atoms. The Labute approximate surface area is 171 Å². The molecule has 1 aromatic heterocycles. The minimum atomic E-state index is -1.82. The first-order chi connectivity index (χ1) is 14.4. The van der Waals surface area contributed by atoms with Gasteiger partial charge in [0.05, 0.1) is 19.2 Å². The summed E-state index contributed by atoms with van der Waals surface area (Å²) in [5, 5.41) is 24.6. The predicted molar refractivity (Wildman–Crippen MR) is 102 cm³/mol. The molecule has 0 aliphatic heterocycles. The van der Waals surface area contributed by atoms with E-state index < -0.39 is 17.2 Å². The maximum absolute atomic E-state index is 14.5. The molecule has 0 saturated carbocycles. The number of benzene rings is 2. The minimum Gasteiger partial charge on any atom is -0.382 e. The molecule has 0 radical (unpaired) electrons. The molecule has 1 N–H and O–H groups in total. The van der Waals surface area contributed by atoms with Crippen molar-refractivity contribution in [2.45, 2.75) is 18.6 Å². The van der Waals surface area contributed by atoms with Gasteiger partial charge in [-0.25, -0.2) is 22.8 Å². The summed E-state index contributed by atoms with van der Waals surface area (Å²) in [6.45, 7) is -0.00692. The van der Waals surface area contributed by atoms with Gasteiger partial charge in [0.25, 0.3) is 0 Å². The van der Waals surface area contributed by atoms with Gasteiger partial charge in [-0.3, -0.25) is 4.90 Å². The Morgan fingerprint density at radius 3 is 2.60 bits per heavy atom. The topological polar surface area (TPSA) is 78.0 Å². The van der Waals surface area contributed by atoms with Crippen LogP contribution in [-0.4, -0.2) is 44.4 Å². The average molecular weight is 415 g/mol. The van der Waals surface area contributed by atoms with Crippen molar-refractivity contribution in [3.63, 3.8) is 0 Å². The van der Waals surface area contributed by atoms with Crippen molar-refractivity contribution >= 4 is 0 Å². The van der Waals surface area contributed by atoms with Crippen molar-refractivity contribution in [2.24, 2.45) is 0 Å². The van der Waals surface area contributed by atoms with E-state index in [1.807, 2.05) is 6.07 Å². The summed E-state index contributed by atoms with van der Waals surface area (Å²) in [7, 11) is 0. The summed E-state index contributed by atoms with van der Waals surface area (Å²) in [6.07, 6.45) is 3.07. The maximum Gasteiger partial charge on any atom is 0.137 e. The van der Waals surface area contributed by atoms with Gasteiger partial charge in [-0.1, -0.05) is 18.2 Å². The Balaban J connectivity index is 1.86. The molecule has 3 rings (SSSR count). The first-order valence-corrected chi connectivity index (χ1v) is 9.24. The zero-order valence-corrected chi connectivity index (χ0v) is 16.0. The van der Waals surface area contributed by atoms with E-state index in [2.05, 4.69) is 10.1 Å². The van der Waals surface area contributed by atoms with E-state index in [9.17, 15) is 23.5 Å². The standard InChI is InChI=1S/C21H20F3N5O/c22-17-3-1-2-16(10-17)6-8-28(9-7-25)12-21(30,13-29-15-26-14-27-29)19-5-4-18(23)11-20(19)24/h1-5,10-11,14-15,30H,6,8-9,12-13H2. The van der Waals surface area contributed by atoms with E-state index in [1.54, 1.807) is 17.0 Å². The van der Waals surface area contributed by atoms with E-state index in [1.165, 1.54) is 35.5 Å². The third kappa shape index (κ3) is 5.43. The normalized spacial score (nSPS) is 13.2. The first kappa shape index (κ1) is 21.5. The Morgan fingerprint density at radius 2 is 1.93 bits per heavy atom. The van der Waals surface area contributed by atoms with Crippen LogP contribution in [0, 0.1) is 28.8 Å². The van der Waals surface area contributed by atoms with Crippen molar-refractivity contribution in [1.82, 2.24) is 19.7 Å². The molecule has 9 heteroatoms. The summed E-state index contributed by atoms with van der Waals surface area (Å²) in [6, 6.07) is 11.0. The van der Waals surface area contributed by atoms with Crippen molar-refractivity contribution in [2.75, 3.05) is 19.6 Å². The highest BCUT2D eigenvalue weighted by Crippen LogP contribution is 2.28. The smallest absolute Gasteiger partial charge is 0.137 e. The Hall–Kier alpha value is -3.22. The fourth-order valence-electron chi connectivity index (χ4n) is 3.33. The van der Waals surface area contributed by atoms with Crippen LogP contribution < -0.4 is 0 Å². The van der Waals surface area contributed by atoms with Crippen molar-refractivity contribution in [3.05, 3.63) is 83.7 Å². The van der Waals surface area contributed by atoms with Crippen LogP contribution in [0.15, 0.2) is 55.1 Å². The van der Waals surface area contributed by atoms with Crippen LogP contribution in [0.4, 0.5) is 13.2 Å². The van der Waals surface area contributed by atoms with Gasteiger partial charge in [-0.2, -0.15) is 10.4 Å². The third-order valence-electron chi connectivity index (χ3n) is 4.71. The quantitative estimate of drug-likeness (QED) is 0.544. The van der Waals surface area contributed by atoms with Gasteiger partial charge < -0.3 is 5.11 Å². The van der Waals surface area contributed by atoms with E-state index >= 15 is 0 Å². The molecule has 0 aliphatic rings. The van der Waals surface area contributed by atoms with Crippen molar-refractivity contribution < 1.29 is 18.3 Å². The van der Waals surface area contributed by atoms with E-state index in [-0.39, 0.29) is 31.0 Å². The number of aliphatic hydroxyl groups is 1. The molecular formula is C21H20F3N5O.